The zero-order chi connectivity index (χ0) is 23.3. The Morgan fingerprint density at radius 3 is 2.62 bits per heavy atom. The second-order valence-corrected chi connectivity index (χ2v) is 8.98. The molecule has 1 heterocycles. The normalized spacial score (nSPS) is 14.9. The number of nitrogens with one attached hydrogen (secondary N) is 1. The number of hydrazone groups is 1. The highest BCUT2D eigenvalue weighted by atomic mass is 32.2. The van der Waals surface area contributed by atoms with Crippen LogP contribution in [0.2, 0.25) is 0 Å². The molecule has 2 aromatic rings. The van der Waals surface area contributed by atoms with E-state index >= 15 is 0 Å². The molecule has 0 aliphatic carbocycles. The summed E-state index contributed by atoms with van der Waals surface area (Å²) in [4.78, 5) is 22.7. The number of benzene rings is 2. The molecule has 1 aliphatic rings. The van der Waals surface area contributed by atoms with E-state index in [1.54, 1.807) is 0 Å². The number of nitro benzene ring substituents is 1. The van der Waals surface area contributed by atoms with Crippen LogP contribution in [0.15, 0.2) is 46.4 Å². The number of carbonyl (C=O) groups excluding carboxylic acids is 1. The molecule has 0 bridgehead atoms. The first-order valence-electron chi connectivity index (χ1n) is 9.73. The Morgan fingerprint density at radius 1 is 1.25 bits per heavy atom. The van der Waals surface area contributed by atoms with Gasteiger partial charge in [0.05, 0.1) is 23.1 Å². The number of ether oxygens (including phenoxy) is 1. The Bertz CT molecular complexity index is 1160. The highest BCUT2D eigenvalue weighted by Gasteiger charge is 2.26. The van der Waals surface area contributed by atoms with Gasteiger partial charge in [0.25, 0.3) is 5.91 Å². The summed E-state index contributed by atoms with van der Waals surface area (Å²) in [7, 11) is -2.45. The molecular formula is C20H22N4O7S. The fourth-order valence-corrected chi connectivity index (χ4v) is 4.83. The third kappa shape index (κ3) is 5.03. The third-order valence-corrected chi connectivity index (χ3v) is 6.82. The molecule has 11 nitrogen and oxygen atoms in total. The molecule has 32 heavy (non-hydrogen) atoms. The second-order valence-electron chi connectivity index (χ2n) is 7.04. The fourth-order valence-electron chi connectivity index (χ4n) is 3.27. The van der Waals surface area contributed by atoms with Gasteiger partial charge in [-0.1, -0.05) is 12.5 Å². The Morgan fingerprint density at radius 2 is 1.97 bits per heavy atom. The smallest absolute Gasteiger partial charge is 0.315 e. The Kier molecular flexibility index (Phi) is 7.05. The van der Waals surface area contributed by atoms with Crippen molar-refractivity contribution < 1.29 is 28.0 Å². The first kappa shape index (κ1) is 23.2. The molecule has 0 aromatic heterocycles. The molecular weight excluding hydrogens is 440 g/mol. The maximum atomic E-state index is 12.8. The van der Waals surface area contributed by atoms with Crippen LogP contribution in [-0.4, -0.2) is 55.1 Å². The molecule has 0 spiro atoms. The third-order valence-electron chi connectivity index (χ3n) is 4.92. The monoisotopic (exact) mass is 462 g/mol. The SMILES string of the molecule is COc1cc(/C=N\NC(=O)c2cccc(S(=O)(=O)N3CCCCC3)c2)cc([N+](=O)[O-])c1O. The van der Waals surface area contributed by atoms with Gasteiger partial charge >= 0.3 is 5.69 Å². The van der Waals surface area contributed by atoms with Crippen LogP contribution in [0.3, 0.4) is 0 Å². The van der Waals surface area contributed by atoms with E-state index in [2.05, 4.69) is 10.5 Å². The number of phenols is 1. The first-order valence-corrected chi connectivity index (χ1v) is 11.2. The molecule has 1 fully saturated rings. The predicted molar refractivity (Wildman–Crippen MR) is 115 cm³/mol. The fraction of sp³-hybridized carbons (Fsp3) is 0.300. The number of hydrogen-bond acceptors (Lipinski definition) is 8. The second kappa shape index (κ2) is 9.75. The lowest BCUT2D eigenvalue weighted by Gasteiger charge is -2.25. The quantitative estimate of drug-likeness (QED) is 0.364. The standard InChI is InChI=1S/C20H22N4O7S/c1-31-18-11-14(10-17(19(18)25)24(27)28)13-21-22-20(26)15-6-5-7-16(12-15)32(29,30)23-8-3-2-4-9-23/h5-7,10-13,25H,2-4,8-9H2,1H3,(H,22,26)/b21-13-. The lowest BCUT2D eigenvalue weighted by molar-refractivity contribution is -0.386. The van der Waals surface area contributed by atoms with E-state index in [1.807, 2.05) is 0 Å². The summed E-state index contributed by atoms with van der Waals surface area (Å²) in [6.07, 6.45) is 3.73. The number of nitro groups is 1. The minimum Gasteiger partial charge on any atom is -0.500 e. The van der Waals surface area contributed by atoms with Crippen LogP contribution < -0.4 is 10.2 Å². The van der Waals surface area contributed by atoms with Gasteiger partial charge in [-0.15, -0.1) is 0 Å². The highest BCUT2D eigenvalue weighted by Crippen LogP contribution is 2.36. The molecule has 0 saturated carbocycles. The minimum atomic E-state index is -3.69. The number of aromatic hydroxyl groups is 1. The Balaban J connectivity index is 1.76. The van der Waals surface area contributed by atoms with Crippen molar-refractivity contribution in [1.29, 1.82) is 0 Å². The maximum Gasteiger partial charge on any atom is 0.315 e. The number of rotatable bonds is 7. The lowest BCUT2D eigenvalue weighted by Crippen LogP contribution is -2.35. The van der Waals surface area contributed by atoms with E-state index in [0.29, 0.717) is 13.1 Å². The molecule has 0 radical (unpaired) electrons. The van der Waals surface area contributed by atoms with E-state index in [-0.39, 0.29) is 21.8 Å². The number of methoxy groups -OCH3 is 1. The average Bonchev–Trinajstić information content (AvgIpc) is 2.80. The molecule has 2 N–H and O–H groups in total. The molecule has 1 aliphatic heterocycles. The lowest BCUT2D eigenvalue weighted by atomic mass is 10.2. The van der Waals surface area contributed by atoms with Crippen LogP contribution in [0.4, 0.5) is 5.69 Å². The summed E-state index contributed by atoms with van der Waals surface area (Å²) >= 11 is 0. The maximum absolute atomic E-state index is 12.8. The van der Waals surface area contributed by atoms with E-state index < -0.39 is 32.3 Å². The summed E-state index contributed by atoms with van der Waals surface area (Å²) in [5.74, 6) is -1.40. The van der Waals surface area contributed by atoms with Gasteiger partial charge < -0.3 is 9.84 Å². The van der Waals surface area contributed by atoms with Gasteiger partial charge in [0, 0.05) is 30.3 Å². The number of piperidine rings is 1. The van der Waals surface area contributed by atoms with Gasteiger partial charge in [-0.2, -0.15) is 9.41 Å². The molecule has 0 unspecified atom stereocenters. The van der Waals surface area contributed by atoms with Crippen molar-refractivity contribution in [3.8, 4) is 11.5 Å². The number of phenolic OH excluding ortho intramolecular Hbond substituents is 1. The predicted octanol–water partition coefficient (Wildman–Crippen LogP) is 2.25. The van der Waals surface area contributed by atoms with Gasteiger partial charge in [-0.25, -0.2) is 13.8 Å². The van der Waals surface area contributed by atoms with Gasteiger partial charge in [0.2, 0.25) is 15.8 Å². The topological polar surface area (TPSA) is 151 Å². The first-order chi connectivity index (χ1) is 15.2. The van der Waals surface area contributed by atoms with Crippen LogP contribution in [0, 0.1) is 10.1 Å². The van der Waals surface area contributed by atoms with E-state index in [0.717, 1.165) is 31.5 Å². The van der Waals surface area contributed by atoms with Crippen LogP contribution in [-0.2, 0) is 10.0 Å². The molecule has 170 valence electrons. The summed E-state index contributed by atoms with van der Waals surface area (Å²) < 4.78 is 31.9. The molecule has 0 atom stereocenters. The van der Waals surface area contributed by atoms with Crippen molar-refractivity contribution in [3.05, 3.63) is 57.6 Å². The molecule has 1 amide bonds. The van der Waals surface area contributed by atoms with Crippen molar-refractivity contribution in [2.45, 2.75) is 24.2 Å². The molecule has 12 heteroatoms. The number of nitrogens with zero attached hydrogens (tertiary/aromatic N) is 3. The van der Waals surface area contributed by atoms with E-state index in [9.17, 15) is 28.4 Å². The number of carbonyl (C=O) groups is 1. The summed E-state index contributed by atoms with van der Waals surface area (Å²) in [5.41, 5.74) is 1.97. The van der Waals surface area contributed by atoms with E-state index in [1.165, 1.54) is 41.7 Å². The van der Waals surface area contributed by atoms with Crippen molar-refractivity contribution in [2.24, 2.45) is 5.10 Å². The van der Waals surface area contributed by atoms with Gasteiger partial charge in [0.1, 0.15) is 0 Å². The Labute approximate surface area is 184 Å². The number of hydrogen-bond donors (Lipinski definition) is 2. The van der Waals surface area contributed by atoms with E-state index in [4.69, 9.17) is 4.74 Å². The summed E-state index contributed by atoms with van der Waals surface area (Å²) in [6, 6.07) is 8.02. The average molecular weight is 462 g/mol. The zero-order valence-electron chi connectivity index (χ0n) is 17.2. The van der Waals surface area contributed by atoms with Crippen LogP contribution in [0.5, 0.6) is 11.5 Å². The van der Waals surface area contributed by atoms with Gasteiger partial charge in [0.15, 0.2) is 5.75 Å². The summed E-state index contributed by atoms with van der Waals surface area (Å²) in [5, 5.41) is 24.6. The number of sulfonamides is 1. The molecule has 1 saturated heterocycles. The number of amides is 1. The Hall–Kier alpha value is -3.51. The largest absolute Gasteiger partial charge is 0.500 e. The van der Waals surface area contributed by atoms with Crippen molar-refractivity contribution in [1.82, 2.24) is 9.73 Å². The molecule has 3 rings (SSSR count). The minimum absolute atomic E-state index is 0.0231. The molecule has 2 aromatic carbocycles. The summed E-state index contributed by atoms with van der Waals surface area (Å²) in [6.45, 7) is 0.899. The van der Waals surface area contributed by atoms with Crippen molar-refractivity contribution in [3.63, 3.8) is 0 Å². The van der Waals surface area contributed by atoms with Gasteiger partial charge in [-0.05, 0) is 37.1 Å². The van der Waals surface area contributed by atoms with Crippen LogP contribution in [0.1, 0.15) is 35.2 Å². The van der Waals surface area contributed by atoms with Crippen LogP contribution in [0.25, 0.3) is 0 Å². The zero-order valence-corrected chi connectivity index (χ0v) is 18.0. The van der Waals surface area contributed by atoms with Crippen LogP contribution >= 0.6 is 0 Å². The van der Waals surface area contributed by atoms with Crippen molar-refractivity contribution in [2.75, 3.05) is 20.2 Å². The van der Waals surface area contributed by atoms with Crippen molar-refractivity contribution >= 4 is 27.8 Å². The van der Waals surface area contributed by atoms with Gasteiger partial charge in [-0.3, -0.25) is 14.9 Å². The highest BCUT2D eigenvalue weighted by molar-refractivity contribution is 7.89.